The van der Waals surface area contributed by atoms with Crippen LogP contribution in [0.4, 0.5) is 13.2 Å². The molecule has 106 valence electrons. The minimum Gasteiger partial charge on any atom is -0.323 e. The number of alkyl halides is 3. The van der Waals surface area contributed by atoms with E-state index in [0.717, 1.165) is 44.4 Å². The molecule has 0 aliphatic rings. The van der Waals surface area contributed by atoms with Gasteiger partial charge in [-0.1, -0.05) is 18.9 Å². The van der Waals surface area contributed by atoms with E-state index in [9.17, 15) is 13.2 Å². The van der Waals surface area contributed by atoms with Crippen LogP contribution in [0.2, 0.25) is 0 Å². The molecule has 2 N–H and O–H groups in total. The molecule has 1 aromatic rings. The number of aromatic nitrogens is 1. The first-order valence-corrected chi connectivity index (χ1v) is 6.34. The van der Waals surface area contributed by atoms with Crippen molar-refractivity contribution < 1.29 is 13.2 Å². The van der Waals surface area contributed by atoms with Gasteiger partial charge in [0.25, 0.3) is 0 Å². The molecule has 1 heterocycles. The number of halogens is 3. The summed E-state index contributed by atoms with van der Waals surface area (Å²) in [4.78, 5) is 3.80. The lowest BCUT2D eigenvalue weighted by Gasteiger charge is -2.12. The van der Waals surface area contributed by atoms with E-state index >= 15 is 0 Å². The molecule has 0 bridgehead atoms. The van der Waals surface area contributed by atoms with Crippen molar-refractivity contribution in [2.45, 2.75) is 44.3 Å². The molecule has 0 radical (unpaired) electrons. The van der Waals surface area contributed by atoms with Crippen LogP contribution >= 0.6 is 0 Å². The molecule has 0 aliphatic heterocycles. The number of pyridine rings is 1. The number of rotatable bonds is 7. The van der Waals surface area contributed by atoms with Crippen molar-refractivity contribution >= 4 is 0 Å². The topological polar surface area (TPSA) is 38.9 Å². The van der Waals surface area contributed by atoms with Crippen molar-refractivity contribution in [1.82, 2.24) is 4.98 Å². The summed E-state index contributed by atoms with van der Waals surface area (Å²) in [6.07, 6.45) is 3.13. The highest BCUT2D eigenvalue weighted by atomic mass is 19.4. The molecule has 1 atom stereocenters. The molecule has 1 unspecified atom stereocenters. The van der Waals surface area contributed by atoms with Gasteiger partial charge in [0.2, 0.25) is 0 Å². The van der Waals surface area contributed by atoms with Gasteiger partial charge in [-0.3, -0.25) is 4.98 Å². The van der Waals surface area contributed by atoms with Crippen LogP contribution in [0.5, 0.6) is 0 Å². The Kier molecular flexibility index (Phi) is 6.02. The van der Waals surface area contributed by atoms with Crippen molar-refractivity contribution in [1.29, 1.82) is 0 Å². The maximum atomic E-state index is 12.4. The molecule has 0 fully saturated rings. The van der Waals surface area contributed by atoms with E-state index in [-0.39, 0.29) is 6.04 Å². The standard InChI is InChI=1S/C14H19F3N2/c1-2-3-4-5-6-7-12(18)13-9-8-11(10-19-13)14(15,16)17/h2,8-10,12H,1,3-7,18H2. The monoisotopic (exact) mass is 272 g/mol. The Labute approximate surface area is 111 Å². The third-order valence-corrected chi connectivity index (χ3v) is 2.92. The molecule has 1 rings (SSSR count). The summed E-state index contributed by atoms with van der Waals surface area (Å²) in [6, 6.07) is 2.09. The Morgan fingerprint density at radius 2 is 2.00 bits per heavy atom. The molecule has 1 aromatic heterocycles. The number of hydrogen-bond donors (Lipinski definition) is 1. The van der Waals surface area contributed by atoms with Gasteiger partial charge in [0.15, 0.2) is 0 Å². The van der Waals surface area contributed by atoms with Gasteiger partial charge in [-0.15, -0.1) is 6.58 Å². The van der Waals surface area contributed by atoms with E-state index in [1.165, 1.54) is 6.07 Å². The molecule has 0 aromatic carbocycles. The lowest BCUT2D eigenvalue weighted by atomic mass is 10.0. The maximum Gasteiger partial charge on any atom is 0.417 e. The summed E-state index contributed by atoms with van der Waals surface area (Å²) in [6.45, 7) is 3.64. The number of unbranched alkanes of at least 4 members (excludes halogenated alkanes) is 3. The molecule has 2 nitrogen and oxygen atoms in total. The zero-order chi connectivity index (χ0) is 14.3. The highest BCUT2D eigenvalue weighted by Crippen LogP contribution is 2.29. The summed E-state index contributed by atoms with van der Waals surface area (Å²) in [5, 5.41) is 0. The van der Waals surface area contributed by atoms with Gasteiger partial charge in [0, 0.05) is 12.2 Å². The molecule has 5 heteroatoms. The summed E-state index contributed by atoms with van der Waals surface area (Å²) < 4.78 is 37.1. The summed E-state index contributed by atoms with van der Waals surface area (Å²) in [5.41, 5.74) is 5.67. The predicted octanol–water partition coefficient (Wildman–Crippen LogP) is 4.24. The Morgan fingerprint density at radius 1 is 1.26 bits per heavy atom. The summed E-state index contributed by atoms with van der Waals surface area (Å²) >= 11 is 0. The predicted molar refractivity (Wildman–Crippen MR) is 69.4 cm³/mol. The minimum absolute atomic E-state index is 0.300. The van der Waals surface area contributed by atoms with Gasteiger partial charge in [0.1, 0.15) is 0 Å². The molecular formula is C14H19F3N2. The van der Waals surface area contributed by atoms with Gasteiger partial charge in [0.05, 0.1) is 11.3 Å². The third-order valence-electron chi connectivity index (χ3n) is 2.92. The molecule has 0 spiro atoms. The normalized spacial score (nSPS) is 13.3. The van der Waals surface area contributed by atoms with Crippen LogP contribution in [0.3, 0.4) is 0 Å². The fourth-order valence-corrected chi connectivity index (χ4v) is 1.77. The van der Waals surface area contributed by atoms with Crippen LogP contribution in [0.15, 0.2) is 31.0 Å². The van der Waals surface area contributed by atoms with Crippen LogP contribution < -0.4 is 5.73 Å². The van der Waals surface area contributed by atoms with Crippen molar-refractivity contribution in [3.05, 3.63) is 42.2 Å². The van der Waals surface area contributed by atoms with Gasteiger partial charge < -0.3 is 5.73 Å². The van der Waals surface area contributed by atoms with Crippen molar-refractivity contribution in [3.8, 4) is 0 Å². The third kappa shape index (κ3) is 5.42. The second-order valence-corrected chi connectivity index (χ2v) is 4.50. The fraction of sp³-hybridized carbons (Fsp3) is 0.500. The van der Waals surface area contributed by atoms with E-state index in [1.807, 2.05) is 6.08 Å². The van der Waals surface area contributed by atoms with Gasteiger partial charge in [-0.05, 0) is 31.4 Å². The van der Waals surface area contributed by atoms with Crippen LogP contribution in [-0.4, -0.2) is 4.98 Å². The zero-order valence-corrected chi connectivity index (χ0v) is 10.8. The average Bonchev–Trinajstić information content (AvgIpc) is 2.37. The SMILES string of the molecule is C=CCCCCCC(N)c1ccc(C(F)(F)F)cn1. The molecular weight excluding hydrogens is 253 g/mol. The molecule has 0 aliphatic carbocycles. The first-order chi connectivity index (χ1) is 8.95. The highest BCUT2D eigenvalue weighted by Gasteiger charge is 2.30. The van der Waals surface area contributed by atoms with Crippen LogP contribution in [0.25, 0.3) is 0 Å². The van der Waals surface area contributed by atoms with Crippen molar-refractivity contribution in [3.63, 3.8) is 0 Å². The van der Waals surface area contributed by atoms with Crippen molar-refractivity contribution in [2.24, 2.45) is 5.73 Å². The Bertz CT molecular complexity index is 385. The lowest BCUT2D eigenvalue weighted by Crippen LogP contribution is -2.13. The molecule has 0 saturated carbocycles. The van der Waals surface area contributed by atoms with E-state index < -0.39 is 11.7 Å². The van der Waals surface area contributed by atoms with E-state index in [1.54, 1.807) is 0 Å². The molecule has 0 saturated heterocycles. The van der Waals surface area contributed by atoms with Gasteiger partial charge in [-0.2, -0.15) is 13.2 Å². The minimum atomic E-state index is -4.35. The maximum absolute atomic E-state index is 12.4. The Hall–Kier alpha value is -1.36. The number of hydrogen-bond acceptors (Lipinski definition) is 2. The Balaban J connectivity index is 2.44. The first-order valence-electron chi connectivity index (χ1n) is 6.34. The molecule has 19 heavy (non-hydrogen) atoms. The van der Waals surface area contributed by atoms with E-state index in [0.29, 0.717) is 5.69 Å². The van der Waals surface area contributed by atoms with Gasteiger partial charge >= 0.3 is 6.18 Å². The molecule has 0 amide bonds. The highest BCUT2D eigenvalue weighted by molar-refractivity contribution is 5.18. The summed E-state index contributed by atoms with van der Waals surface area (Å²) in [5.74, 6) is 0. The summed E-state index contributed by atoms with van der Waals surface area (Å²) in [7, 11) is 0. The number of nitrogens with two attached hydrogens (primary N) is 1. The first kappa shape index (κ1) is 15.7. The largest absolute Gasteiger partial charge is 0.417 e. The quantitative estimate of drug-likeness (QED) is 0.595. The van der Waals surface area contributed by atoms with Crippen LogP contribution in [0, 0.1) is 0 Å². The van der Waals surface area contributed by atoms with Crippen LogP contribution in [-0.2, 0) is 6.18 Å². The number of allylic oxidation sites excluding steroid dienone is 1. The van der Waals surface area contributed by atoms with E-state index in [4.69, 9.17) is 5.73 Å². The Morgan fingerprint density at radius 3 is 2.53 bits per heavy atom. The second kappa shape index (κ2) is 7.28. The fourth-order valence-electron chi connectivity index (χ4n) is 1.77. The second-order valence-electron chi connectivity index (χ2n) is 4.50. The van der Waals surface area contributed by atoms with Crippen molar-refractivity contribution in [2.75, 3.05) is 0 Å². The zero-order valence-electron chi connectivity index (χ0n) is 10.8. The average molecular weight is 272 g/mol. The number of nitrogens with zero attached hydrogens (tertiary/aromatic N) is 1. The van der Waals surface area contributed by atoms with Crippen LogP contribution in [0.1, 0.15) is 49.4 Å². The van der Waals surface area contributed by atoms with Gasteiger partial charge in [-0.25, -0.2) is 0 Å². The van der Waals surface area contributed by atoms with E-state index in [2.05, 4.69) is 11.6 Å². The lowest BCUT2D eigenvalue weighted by molar-refractivity contribution is -0.137. The smallest absolute Gasteiger partial charge is 0.323 e.